The first-order chi connectivity index (χ1) is 13.7. The summed E-state index contributed by atoms with van der Waals surface area (Å²) in [7, 11) is 0. The van der Waals surface area contributed by atoms with Gasteiger partial charge in [0.1, 0.15) is 0 Å². The Hall–Kier alpha value is -2.41. The van der Waals surface area contributed by atoms with E-state index >= 15 is 0 Å². The second kappa shape index (κ2) is 7.20. The van der Waals surface area contributed by atoms with Gasteiger partial charge in [-0.3, -0.25) is 19.1 Å². The van der Waals surface area contributed by atoms with E-state index in [1.807, 2.05) is 12.1 Å². The number of carbonyl (C=O) groups excluding carboxylic acids is 1. The molecule has 28 heavy (non-hydrogen) atoms. The molecule has 1 amide bonds. The Morgan fingerprint density at radius 3 is 2.57 bits per heavy atom. The Bertz CT molecular complexity index is 943. The van der Waals surface area contributed by atoms with E-state index in [1.54, 1.807) is 10.9 Å². The third-order valence-electron chi connectivity index (χ3n) is 6.28. The molecular weight excluding hydrogens is 354 g/mol. The minimum atomic E-state index is 0.0768. The van der Waals surface area contributed by atoms with Gasteiger partial charge >= 0.3 is 0 Å². The van der Waals surface area contributed by atoms with E-state index in [0.717, 1.165) is 57.0 Å². The molecule has 1 aromatic heterocycles. The normalized spacial score (nSPS) is 23.4. The first kappa shape index (κ1) is 17.7. The number of nitrogens with zero attached hydrogens (tertiary/aromatic N) is 4. The Morgan fingerprint density at radius 1 is 1.04 bits per heavy atom. The van der Waals surface area contributed by atoms with Crippen molar-refractivity contribution in [3.05, 3.63) is 34.9 Å². The zero-order valence-electron chi connectivity index (χ0n) is 16.1. The lowest BCUT2D eigenvalue weighted by atomic mass is 10.1. The van der Waals surface area contributed by atoms with Crippen LogP contribution in [0.3, 0.4) is 0 Å². The maximum absolute atomic E-state index is 12.7. The Morgan fingerprint density at radius 2 is 1.86 bits per heavy atom. The average molecular weight is 381 g/mol. The number of nitrogens with one attached hydrogen (secondary N) is 1. The first-order valence-electron chi connectivity index (χ1n) is 10.4. The molecule has 3 heterocycles. The number of hydrogen-bond donors (Lipinski definition) is 1. The van der Waals surface area contributed by atoms with Crippen LogP contribution in [0.25, 0.3) is 10.9 Å². The molecule has 2 aromatic rings. The van der Waals surface area contributed by atoms with E-state index in [9.17, 15) is 9.59 Å². The fourth-order valence-corrected chi connectivity index (χ4v) is 4.40. The van der Waals surface area contributed by atoms with E-state index in [2.05, 4.69) is 26.2 Å². The van der Waals surface area contributed by atoms with Crippen LogP contribution in [0.15, 0.2) is 29.3 Å². The molecule has 0 radical (unpaired) electrons. The molecule has 3 fully saturated rings. The molecule has 1 aromatic carbocycles. The summed E-state index contributed by atoms with van der Waals surface area (Å²) >= 11 is 0. The van der Waals surface area contributed by atoms with Crippen molar-refractivity contribution in [2.24, 2.45) is 11.8 Å². The van der Waals surface area contributed by atoms with E-state index < -0.39 is 0 Å². The van der Waals surface area contributed by atoms with Gasteiger partial charge in [-0.2, -0.15) is 0 Å². The largest absolute Gasteiger partial charge is 0.369 e. The van der Waals surface area contributed by atoms with Crippen LogP contribution in [-0.2, 0) is 11.3 Å². The van der Waals surface area contributed by atoms with Gasteiger partial charge in [-0.05, 0) is 42.9 Å². The van der Waals surface area contributed by atoms with Crippen LogP contribution < -0.4 is 15.8 Å². The highest BCUT2D eigenvalue weighted by molar-refractivity contribution is 5.81. The maximum Gasteiger partial charge on any atom is 0.261 e. The quantitative estimate of drug-likeness (QED) is 0.839. The number of carbonyl (C=O) groups is 1. The van der Waals surface area contributed by atoms with E-state index in [4.69, 9.17) is 0 Å². The average Bonchev–Trinajstić information content (AvgIpc) is 3.44. The van der Waals surface area contributed by atoms with Gasteiger partial charge in [-0.15, -0.1) is 0 Å². The predicted molar refractivity (Wildman–Crippen MR) is 108 cm³/mol. The molecule has 2 aliphatic heterocycles. The van der Waals surface area contributed by atoms with Crippen LogP contribution in [0, 0.1) is 11.8 Å². The first-order valence-corrected chi connectivity index (χ1v) is 10.4. The molecule has 1 atom stereocenters. The third kappa shape index (κ3) is 3.63. The molecule has 7 heteroatoms. The number of hydrogen-bond acceptors (Lipinski definition) is 5. The Balaban J connectivity index is 1.25. The smallest absolute Gasteiger partial charge is 0.261 e. The van der Waals surface area contributed by atoms with Gasteiger partial charge in [-0.25, -0.2) is 4.98 Å². The SMILES string of the molecule is O=C1CC(CN2CCN(c3ccc4c(=O)n(CC5CC5)cnc4c3)CC2)CN1. The van der Waals surface area contributed by atoms with Crippen molar-refractivity contribution in [3.63, 3.8) is 0 Å². The van der Waals surface area contributed by atoms with Crippen LogP contribution in [0.4, 0.5) is 5.69 Å². The summed E-state index contributed by atoms with van der Waals surface area (Å²) in [6, 6.07) is 6.04. The number of benzene rings is 1. The summed E-state index contributed by atoms with van der Waals surface area (Å²) in [5, 5.41) is 3.63. The molecule has 1 saturated carbocycles. The number of aromatic nitrogens is 2. The van der Waals surface area contributed by atoms with Crippen LogP contribution >= 0.6 is 0 Å². The highest BCUT2D eigenvalue weighted by Gasteiger charge is 2.26. The van der Waals surface area contributed by atoms with Crippen molar-refractivity contribution in [3.8, 4) is 0 Å². The van der Waals surface area contributed by atoms with E-state index in [1.165, 1.54) is 12.8 Å². The zero-order chi connectivity index (χ0) is 19.1. The van der Waals surface area contributed by atoms with Crippen molar-refractivity contribution in [1.82, 2.24) is 19.8 Å². The van der Waals surface area contributed by atoms with Gasteiger partial charge in [0.15, 0.2) is 0 Å². The fourth-order valence-electron chi connectivity index (χ4n) is 4.40. The zero-order valence-corrected chi connectivity index (χ0v) is 16.1. The lowest BCUT2D eigenvalue weighted by Gasteiger charge is -2.37. The van der Waals surface area contributed by atoms with Gasteiger partial charge in [0.2, 0.25) is 5.91 Å². The second-order valence-corrected chi connectivity index (χ2v) is 8.51. The standard InChI is InChI=1S/C21H27N5O2/c27-20-9-16(11-22-20)12-24-5-7-25(8-6-24)17-3-4-18-19(10-17)23-14-26(21(18)28)13-15-1-2-15/h3-4,10,14-16H,1-2,5-9,11-13H2,(H,22,27). The van der Waals surface area contributed by atoms with E-state index in [-0.39, 0.29) is 11.5 Å². The molecular formula is C21H27N5O2. The molecule has 0 bridgehead atoms. The molecule has 7 nitrogen and oxygen atoms in total. The third-order valence-corrected chi connectivity index (χ3v) is 6.28. The summed E-state index contributed by atoms with van der Waals surface area (Å²) < 4.78 is 1.76. The van der Waals surface area contributed by atoms with E-state index in [0.29, 0.717) is 23.6 Å². The summed E-state index contributed by atoms with van der Waals surface area (Å²) in [6.07, 6.45) is 4.82. The molecule has 2 saturated heterocycles. The minimum Gasteiger partial charge on any atom is -0.369 e. The topological polar surface area (TPSA) is 70.5 Å². The Labute approximate surface area is 164 Å². The van der Waals surface area contributed by atoms with Gasteiger partial charge in [0.05, 0.1) is 17.2 Å². The highest BCUT2D eigenvalue weighted by Crippen LogP contribution is 2.30. The lowest BCUT2D eigenvalue weighted by molar-refractivity contribution is -0.119. The van der Waals surface area contributed by atoms with Crippen LogP contribution in [0.2, 0.25) is 0 Å². The van der Waals surface area contributed by atoms with Crippen LogP contribution in [-0.4, -0.2) is 59.6 Å². The number of piperazine rings is 1. The van der Waals surface area contributed by atoms with Gasteiger partial charge in [-0.1, -0.05) is 0 Å². The van der Waals surface area contributed by atoms with Crippen molar-refractivity contribution < 1.29 is 4.79 Å². The molecule has 148 valence electrons. The van der Waals surface area contributed by atoms with Crippen LogP contribution in [0.5, 0.6) is 0 Å². The van der Waals surface area contributed by atoms with Gasteiger partial charge in [0, 0.05) is 57.9 Å². The molecule has 0 spiro atoms. The lowest BCUT2D eigenvalue weighted by Crippen LogP contribution is -2.48. The molecule has 1 unspecified atom stereocenters. The minimum absolute atomic E-state index is 0.0768. The second-order valence-electron chi connectivity index (χ2n) is 8.51. The van der Waals surface area contributed by atoms with Crippen molar-refractivity contribution in [1.29, 1.82) is 0 Å². The number of fused-ring (bicyclic) bond motifs is 1. The van der Waals surface area contributed by atoms with Gasteiger partial charge in [0.25, 0.3) is 5.56 Å². The summed E-state index contributed by atoms with van der Waals surface area (Å²) in [5.41, 5.74) is 2.00. The number of anilines is 1. The summed E-state index contributed by atoms with van der Waals surface area (Å²) in [4.78, 5) is 33.4. The summed E-state index contributed by atoms with van der Waals surface area (Å²) in [5.74, 6) is 1.29. The Kier molecular flexibility index (Phi) is 4.55. The monoisotopic (exact) mass is 381 g/mol. The molecule has 5 rings (SSSR count). The molecule has 1 N–H and O–H groups in total. The van der Waals surface area contributed by atoms with Gasteiger partial charge < -0.3 is 10.2 Å². The van der Waals surface area contributed by atoms with Crippen molar-refractivity contribution >= 4 is 22.5 Å². The number of amides is 1. The highest BCUT2D eigenvalue weighted by atomic mass is 16.2. The maximum atomic E-state index is 12.7. The van der Waals surface area contributed by atoms with Crippen molar-refractivity contribution in [2.45, 2.75) is 25.8 Å². The predicted octanol–water partition coefficient (Wildman–Crippen LogP) is 1.06. The molecule has 1 aliphatic carbocycles. The van der Waals surface area contributed by atoms with Crippen molar-refractivity contribution in [2.75, 3.05) is 44.2 Å². The fraction of sp³-hybridized carbons (Fsp3) is 0.571. The summed E-state index contributed by atoms with van der Waals surface area (Å²) in [6.45, 7) is 6.52. The number of rotatable bonds is 5. The molecule has 3 aliphatic rings. The van der Waals surface area contributed by atoms with Crippen LogP contribution in [0.1, 0.15) is 19.3 Å².